The van der Waals surface area contributed by atoms with Crippen molar-refractivity contribution in [2.75, 3.05) is 18.0 Å². The highest BCUT2D eigenvalue weighted by Crippen LogP contribution is 2.25. The molecule has 3 N–H and O–H groups in total. The third-order valence-corrected chi connectivity index (χ3v) is 4.30. The molecule has 3 rings (SSSR count). The van der Waals surface area contributed by atoms with Crippen molar-refractivity contribution in [3.63, 3.8) is 0 Å². The minimum absolute atomic E-state index is 0.192. The molecule has 1 aliphatic carbocycles. The number of guanidine groups is 1. The third kappa shape index (κ3) is 3.35. The molecule has 0 bridgehead atoms. The molecule has 112 valence electrons. The van der Waals surface area contributed by atoms with Gasteiger partial charge < -0.3 is 16.0 Å². The van der Waals surface area contributed by atoms with E-state index in [1.54, 1.807) is 4.90 Å². The Balaban J connectivity index is 1.54. The number of hydrogen-bond donors (Lipinski definition) is 2. The van der Waals surface area contributed by atoms with Gasteiger partial charge in [0.1, 0.15) is 0 Å². The summed E-state index contributed by atoms with van der Waals surface area (Å²) in [6.45, 7) is 2.29. The molecule has 2 fully saturated rings. The molecule has 1 aliphatic heterocycles. The van der Waals surface area contributed by atoms with Crippen molar-refractivity contribution in [2.24, 2.45) is 16.6 Å². The number of anilines is 1. The van der Waals surface area contributed by atoms with Gasteiger partial charge in [0.2, 0.25) is 5.91 Å². The normalized spacial score (nSPS) is 19.1. The zero-order valence-electron chi connectivity index (χ0n) is 12.2. The van der Waals surface area contributed by atoms with Gasteiger partial charge >= 0.3 is 0 Å². The summed E-state index contributed by atoms with van der Waals surface area (Å²) in [6, 6.07) is 7.95. The molecule has 0 spiro atoms. The predicted molar refractivity (Wildman–Crippen MR) is 84.1 cm³/mol. The van der Waals surface area contributed by atoms with E-state index in [4.69, 9.17) is 5.73 Å². The third-order valence-electron chi connectivity index (χ3n) is 4.30. The Kier molecular flexibility index (Phi) is 4.08. The molecule has 1 saturated carbocycles. The fourth-order valence-corrected chi connectivity index (χ4v) is 2.59. The summed E-state index contributed by atoms with van der Waals surface area (Å²) in [5.41, 5.74) is 7.91. The first kappa shape index (κ1) is 13.9. The van der Waals surface area contributed by atoms with Crippen LogP contribution in [-0.4, -0.2) is 25.0 Å². The number of hydrogen-bond acceptors (Lipinski definition) is 2. The SMILES string of the molecule is NC(=NCc1cccc(N2CCC2=O)c1)NCC1CCC1. The van der Waals surface area contributed by atoms with Gasteiger partial charge in [-0.3, -0.25) is 4.79 Å². The van der Waals surface area contributed by atoms with Crippen molar-refractivity contribution < 1.29 is 4.79 Å². The second-order valence-corrected chi connectivity index (χ2v) is 5.84. The highest BCUT2D eigenvalue weighted by molar-refractivity contribution is 5.99. The van der Waals surface area contributed by atoms with Crippen molar-refractivity contribution in [1.29, 1.82) is 0 Å². The molecule has 1 aromatic carbocycles. The Labute approximate surface area is 125 Å². The van der Waals surface area contributed by atoms with Crippen LogP contribution in [0.2, 0.25) is 0 Å². The second kappa shape index (κ2) is 6.16. The molecule has 0 unspecified atom stereocenters. The molecule has 0 atom stereocenters. The van der Waals surface area contributed by atoms with E-state index in [2.05, 4.69) is 10.3 Å². The van der Waals surface area contributed by atoms with Gasteiger partial charge in [0.15, 0.2) is 5.96 Å². The van der Waals surface area contributed by atoms with E-state index in [0.29, 0.717) is 18.9 Å². The van der Waals surface area contributed by atoms with E-state index in [1.165, 1.54) is 19.3 Å². The van der Waals surface area contributed by atoms with E-state index in [-0.39, 0.29) is 5.91 Å². The van der Waals surface area contributed by atoms with Crippen LogP contribution in [0.1, 0.15) is 31.2 Å². The van der Waals surface area contributed by atoms with Gasteiger partial charge in [-0.25, -0.2) is 4.99 Å². The van der Waals surface area contributed by atoms with Crippen molar-refractivity contribution in [3.05, 3.63) is 29.8 Å². The number of β-lactam (4-membered cyclic amide) rings is 1. The van der Waals surface area contributed by atoms with E-state index < -0.39 is 0 Å². The first-order chi connectivity index (χ1) is 10.2. The molecular weight excluding hydrogens is 264 g/mol. The fourth-order valence-electron chi connectivity index (χ4n) is 2.59. The van der Waals surface area contributed by atoms with Crippen LogP contribution in [0, 0.1) is 5.92 Å². The number of benzene rings is 1. The monoisotopic (exact) mass is 286 g/mol. The Morgan fingerprint density at radius 1 is 1.43 bits per heavy atom. The predicted octanol–water partition coefficient (Wildman–Crippen LogP) is 1.63. The van der Waals surface area contributed by atoms with E-state index in [0.717, 1.165) is 30.3 Å². The molecule has 2 aliphatic rings. The molecule has 1 aromatic rings. The van der Waals surface area contributed by atoms with Gasteiger partial charge in [-0.1, -0.05) is 18.6 Å². The summed E-state index contributed by atoms with van der Waals surface area (Å²) in [5, 5.41) is 3.18. The number of nitrogens with one attached hydrogen (secondary N) is 1. The Morgan fingerprint density at radius 2 is 2.29 bits per heavy atom. The lowest BCUT2D eigenvalue weighted by Gasteiger charge is -2.30. The van der Waals surface area contributed by atoms with Crippen LogP contribution in [-0.2, 0) is 11.3 Å². The van der Waals surface area contributed by atoms with Crippen LogP contribution < -0.4 is 16.0 Å². The minimum Gasteiger partial charge on any atom is -0.370 e. The number of nitrogens with zero attached hydrogens (tertiary/aromatic N) is 2. The van der Waals surface area contributed by atoms with E-state index >= 15 is 0 Å². The summed E-state index contributed by atoms with van der Waals surface area (Å²) >= 11 is 0. The average molecular weight is 286 g/mol. The lowest BCUT2D eigenvalue weighted by Crippen LogP contribution is -2.43. The molecule has 1 heterocycles. The Morgan fingerprint density at radius 3 is 2.90 bits per heavy atom. The molecule has 0 aromatic heterocycles. The molecule has 1 amide bonds. The molecule has 1 saturated heterocycles. The zero-order valence-corrected chi connectivity index (χ0v) is 12.2. The van der Waals surface area contributed by atoms with E-state index in [1.807, 2.05) is 24.3 Å². The number of carbonyl (C=O) groups is 1. The molecule has 5 nitrogen and oxygen atoms in total. The number of rotatable bonds is 5. The lowest BCUT2D eigenvalue weighted by atomic mass is 9.85. The molecule has 21 heavy (non-hydrogen) atoms. The Hall–Kier alpha value is -2.04. The van der Waals surface area contributed by atoms with Gasteiger partial charge in [0.05, 0.1) is 6.54 Å². The summed E-state index contributed by atoms with van der Waals surface area (Å²) in [7, 11) is 0. The van der Waals surface area contributed by atoms with Gasteiger partial charge in [0, 0.05) is 25.2 Å². The van der Waals surface area contributed by atoms with Crippen molar-refractivity contribution in [3.8, 4) is 0 Å². The van der Waals surface area contributed by atoms with Crippen molar-refractivity contribution >= 4 is 17.6 Å². The molecular formula is C16H22N4O. The zero-order chi connectivity index (χ0) is 14.7. The number of carbonyl (C=O) groups excluding carboxylic acids is 1. The topological polar surface area (TPSA) is 70.7 Å². The van der Waals surface area contributed by atoms with Crippen molar-refractivity contribution in [1.82, 2.24) is 5.32 Å². The molecule has 5 heteroatoms. The highest BCUT2D eigenvalue weighted by atomic mass is 16.2. The Bertz CT molecular complexity index is 551. The first-order valence-electron chi connectivity index (χ1n) is 7.65. The largest absolute Gasteiger partial charge is 0.370 e. The summed E-state index contributed by atoms with van der Waals surface area (Å²) < 4.78 is 0. The minimum atomic E-state index is 0.192. The maximum absolute atomic E-state index is 11.5. The van der Waals surface area contributed by atoms with Crippen LogP contribution in [0.15, 0.2) is 29.3 Å². The van der Waals surface area contributed by atoms with Gasteiger partial charge in [-0.05, 0) is 36.5 Å². The van der Waals surface area contributed by atoms with Gasteiger partial charge in [-0.2, -0.15) is 0 Å². The number of nitrogens with two attached hydrogens (primary N) is 1. The van der Waals surface area contributed by atoms with Crippen LogP contribution in [0.25, 0.3) is 0 Å². The molecule has 0 radical (unpaired) electrons. The number of aliphatic imine (C=N–C) groups is 1. The number of amides is 1. The smallest absolute Gasteiger partial charge is 0.228 e. The van der Waals surface area contributed by atoms with Gasteiger partial charge in [-0.15, -0.1) is 0 Å². The second-order valence-electron chi connectivity index (χ2n) is 5.84. The summed E-state index contributed by atoms with van der Waals surface area (Å²) in [5.74, 6) is 1.46. The lowest BCUT2D eigenvalue weighted by molar-refractivity contribution is -0.122. The summed E-state index contributed by atoms with van der Waals surface area (Å²) in [6.07, 6.45) is 4.59. The van der Waals surface area contributed by atoms with Crippen LogP contribution in [0.4, 0.5) is 5.69 Å². The maximum atomic E-state index is 11.5. The van der Waals surface area contributed by atoms with Crippen LogP contribution >= 0.6 is 0 Å². The highest BCUT2D eigenvalue weighted by Gasteiger charge is 2.24. The quantitative estimate of drug-likeness (QED) is 0.491. The summed E-state index contributed by atoms with van der Waals surface area (Å²) in [4.78, 5) is 17.6. The van der Waals surface area contributed by atoms with Crippen LogP contribution in [0.3, 0.4) is 0 Å². The first-order valence-corrected chi connectivity index (χ1v) is 7.65. The average Bonchev–Trinajstić information content (AvgIpc) is 2.42. The van der Waals surface area contributed by atoms with Crippen molar-refractivity contribution in [2.45, 2.75) is 32.2 Å². The van der Waals surface area contributed by atoms with Crippen LogP contribution in [0.5, 0.6) is 0 Å². The maximum Gasteiger partial charge on any atom is 0.228 e. The fraction of sp³-hybridized carbons (Fsp3) is 0.500. The van der Waals surface area contributed by atoms with Gasteiger partial charge in [0.25, 0.3) is 0 Å². The standard InChI is InChI=1S/C16H22N4O/c17-16(18-10-12-3-1-4-12)19-11-13-5-2-6-14(9-13)20-8-7-15(20)21/h2,5-6,9,12H,1,3-4,7-8,10-11H2,(H3,17,18,19). The van der Waals surface area contributed by atoms with E-state index in [9.17, 15) is 4.79 Å².